The summed E-state index contributed by atoms with van der Waals surface area (Å²) in [6, 6.07) is -1.22. The Balaban J connectivity index is 1.33. The summed E-state index contributed by atoms with van der Waals surface area (Å²) < 4.78 is 5.39. The number of alkyl carbamates (subject to hydrolysis) is 1. The summed E-state index contributed by atoms with van der Waals surface area (Å²) >= 11 is 0. The van der Waals surface area contributed by atoms with E-state index in [9.17, 15) is 19.2 Å². The molecule has 3 atom stereocenters. The maximum Gasteiger partial charge on any atom is 0.407 e. The molecule has 5 aliphatic rings. The normalized spacial score (nSPS) is 30.2. The predicted molar refractivity (Wildman–Crippen MR) is 115 cm³/mol. The third kappa shape index (κ3) is 3.41. The molecule has 0 radical (unpaired) electrons. The highest BCUT2D eigenvalue weighted by Gasteiger charge is 2.68. The first-order valence-corrected chi connectivity index (χ1v) is 12.3. The van der Waals surface area contributed by atoms with Crippen molar-refractivity contribution in [3.05, 3.63) is 0 Å². The van der Waals surface area contributed by atoms with E-state index in [2.05, 4.69) is 12.2 Å². The first-order valence-electron chi connectivity index (χ1n) is 12.3. The van der Waals surface area contributed by atoms with Crippen molar-refractivity contribution in [2.45, 2.75) is 90.3 Å². The second kappa shape index (κ2) is 7.45. The van der Waals surface area contributed by atoms with Crippen LogP contribution >= 0.6 is 0 Å². The van der Waals surface area contributed by atoms with Crippen LogP contribution in [0.15, 0.2) is 0 Å². The van der Waals surface area contributed by atoms with Crippen LogP contribution in [0.25, 0.3) is 0 Å². The summed E-state index contributed by atoms with van der Waals surface area (Å²) in [6.45, 7) is 6.76. The Morgan fingerprint density at radius 2 is 1.81 bits per heavy atom. The Morgan fingerprint density at radius 3 is 2.34 bits per heavy atom. The summed E-state index contributed by atoms with van der Waals surface area (Å²) in [6.07, 6.45) is 6.28. The molecule has 0 unspecified atom stereocenters. The van der Waals surface area contributed by atoms with Gasteiger partial charge in [0.1, 0.15) is 6.04 Å². The molecule has 176 valence electrons. The Bertz CT molecular complexity index is 843. The first-order chi connectivity index (χ1) is 15.2. The summed E-state index contributed by atoms with van der Waals surface area (Å²) in [5.74, 6) is -0.420. The van der Waals surface area contributed by atoms with E-state index in [0.717, 1.165) is 44.9 Å². The molecule has 2 aliphatic heterocycles. The maximum atomic E-state index is 13.7. The standard InChI is InChI=1S/C24H35N3O5/c1-14(2)17(25-22(31)32-13-23(3)10-11-23)20(29)26-12-7-16-18(26)24(8-4-9-24)21(30)27(16)19(28)15-5-6-15/h14-18H,4-13H2,1-3H3,(H,25,31)/t16-,17-,18-/m0/s1. The van der Waals surface area contributed by atoms with Crippen LogP contribution in [-0.2, 0) is 19.1 Å². The molecule has 3 aliphatic carbocycles. The van der Waals surface area contributed by atoms with Crippen LogP contribution in [-0.4, -0.2) is 64.9 Å². The van der Waals surface area contributed by atoms with E-state index in [0.29, 0.717) is 19.6 Å². The molecule has 2 saturated heterocycles. The lowest BCUT2D eigenvalue weighted by Crippen LogP contribution is -2.58. The van der Waals surface area contributed by atoms with Crippen molar-refractivity contribution < 1.29 is 23.9 Å². The highest BCUT2D eigenvalue weighted by atomic mass is 16.5. The van der Waals surface area contributed by atoms with Crippen molar-refractivity contribution in [3.8, 4) is 0 Å². The van der Waals surface area contributed by atoms with Gasteiger partial charge in [-0.05, 0) is 50.9 Å². The van der Waals surface area contributed by atoms with Crippen LogP contribution in [0, 0.1) is 22.7 Å². The molecular formula is C24H35N3O5. The van der Waals surface area contributed by atoms with Crippen molar-refractivity contribution in [2.75, 3.05) is 13.2 Å². The van der Waals surface area contributed by atoms with Crippen molar-refractivity contribution in [1.29, 1.82) is 0 Å². The molecule has 1 N–H and O–H groups in total. The van der Waals surface area contributed by atoms with Crippen LogP contribution < -0.4 is 5.32 Å². The van der Waals surface area contributed by atoms with E-state index >= 15 is 0 Å². The average Bonchev–Trinajstić information content (AvgIpc) is 3.62. The zero-order chi connectivity index (χ0) is 22.8. The fourth-order valence-corrected chi connectivity index (χ4v) is 5.79. The van der Waals surface area contributed by atoms with Crippen LogP contribution in [0.2, 0.25) is 0 Å². The molecule has 32 heavy (non-hydrogen) atoms. The zero-order valence-electron chi connectivity index (χ0n) is 19.4. The molecule has 0 aromatic carbocycles. The summed E-state index contributed by atoms with van der Waals surface area (Å²) in [7, 11) is 0. The van der Waals surface area contributed by atoms with Gasteiger partial charge in [-0.25, -0.2) is 4.79 Å². The van der Waals surface area contributed by atoms with Gasteiger partial charge in [0, 0.05) is 17.9 Å². The molecule has 2 heterocycles. The lowest BCUT2D eigenvalue weighted by Gasteiger charge is -2.44. The molecule has 1 spiro atoms. The van der Waals surface area contributed by atoms with Gasteiger partial charge in [-0.1, -0.05) is 27.2 Å². The number of ether oxygens (including phenoxy) is 1. The largest absolute Gasteiger partial charge is 0.449 e. The lowest BCUT2D eigenvalue weighted by molar-refractivity contribution is -0.152. The van der Waals surface area contributed by atoms with Crippen molar-refractivity contribution in [2.24, 2.45) is 22.7 Å². The number of hydrogen-bond acceptors (Lipinski definition) is 5. The number of rotatable bonds is 6. The summed E-state index contributed by atoms with van der Waals surface area (Å²) in [5.41, 5.74) is -0.542. The topological polar surface area (TPSA) is 96.0 Å². The molecule has 4 amide bonds. The first kappa shape index (κ1) is 21.7. The van der Waals surface area contributed by atoms with Crippen molar-refractivity contribution in [1.82, 2.24) is 15.1 Å². The molecule has 0 aromatic rings. The highest BCUT2D eigenvalue weighted by molar-refractivity contribution is 6.04. The van der Waals surface area contributed by atoms with E-state index in [1.165, 1.54) is 4.90 Å². The van der Waals surface area contributed by atoms with Gasteiger partial charge in [-0.3, -0.25) is 19.3 Å². The number of nitrogens with one attached hydrogen (secondary N) is 1. The number of nitrogens with zero attached hydrogens (tertiary/aromatic N) is 2. The van der Waals surface area contributed by atoms with Gasteiger partial charge in [-0.15, -0.1) is 0 Å². The van der Waals surface area contributed by atoms with E-state index in [-0.39, 0.29) is 47.1 Å². The van der Waals surface area contributed by atoms with E-state index < -0.39 is 17.6 Å². The van der Waals surface area contributed by atoms with Crippen LogP contribution in [0.1, 0.15) is 72.1 Å². The third-order valence-corrected chi connectivity index (χ3v) is 8.46. The summed E-state index contributed by atoms with van der Waals surface area (Å²) in [5, 5.41) is 2.79. The van der Waals surface area contributed by atoms with Gasteiger partial charge < -0.3 is 15.0 Å². The quantitative estimate of drug-likeness (QED) is 0.634. The number of carbonyl (C=O) groups is 4. The predicted octanol–water partition coefficient (Wildman–Crippen LogP) is 2.46. The Labute approximate surface area is 189 Å². The Morgan fingerprint density at radius 1 is 1.12 bits per heavy atom. The highest BCUT2D eigenvalue weighted by Crippen LogP contribution is 2.56. The molecule has 8 heteroatoms. The minimum absolute atomic E-state index is 0.0206. The average molecular weight is 446 g/mol. The number of fused-ring (bicyclic) bond motifs is 2. The van der Waals surface area contributed by atoms with Gasteiger partial charge in [0.2, 0.25) is 17.7 Å². The minimum Gasteiger partial charge on any atom is -0.449 e. The van der Waals surface area contributed by atoms with Crippen LogP contribution in [0.4, 0.5) is 4.79 Å². The number of hydrogen-bond donors (Lipinski definition) is 1. The molecule has 8 nitrogen and oxygen atoms in total. The smallest absolute Gasteiger partial charge is 0.407 e. The van der Waals surface area contributed by atoms with E-state index in [1.54, 1.807) is 4.90 Å². The molecule has 3 saturated carbocycles. The number of likely N-dealkylation sites (tertiary alicyclic amines) is 2. The van der Waals surface area contributed by atoms with Crippen LogP contribution in [0.3, 0.4) is 0 Å². The molecular weight excluding hydrogens is 410 g/mol. The van der Waals surface area contributed by atoms with Gasteiger partial charge in [0.15, 0.2) is 0 Å². The molecule has 0 bridgehead atoms. The Kier molecular flexibility index (Phi) is 5.06. The molecule has 5 fully saturated rings. The number of amides is 4. The van der Waals surface area contributed by atoms with Gasteiger partial charge in [0.25, 0.3) is 0 Å². The maximum absolute atomic E-state index is 13.7. The summed E-state index contributed by atoms with van der Waals surface area (Å²) in [4.78, 5) is 55.8. The second-order valence-electron chi connectivity index (χ2n) is 11.4. The lowest BCUT2D eigenvalue weighted by atomic mass is 9.64. The second-order valence-corrected chi connectivity index (χ2v) is 11.4. The number of imide groups is 1. The van der Waals surface area contributed by atoms with Gasteiger partial charge in [0.05, 0.1) is 24.1 Å². The minimum atomic E-state index is -0.714. The van der Waals surface area contributed by atoms with E-state index in [1.807, 2.05) is 13.8 Å². The zero-order valence-corrected chi connectivity index (χ0v) is 19.4. The van der Waals surface area contributed by atoms with Crippen molar-refractivity contribution >= 4 is 23.8 Å². The third-order valence-electron chi connectivity index (χ3n) is 8.46. The monoisotopic (exact) mass is 445 g/mol. The SMILES string of the molecule is CC(C)[C@H](NC(=O)OCC1(C)CC1)C(=O)N1CC[C@H]2[C@H]1C1(CCC1)C(=O)N2C(=O)C1CC1. The molecule has 0 aromatic heterocycles. The van der Waals surface area contributed by atoms with Crippen molar-refractivity contribution in [3.63, 3.8) is 0 Å². The fraction of sp³-hybridized carbons (Fsp3) is 0.833. The van der Waals surface area contributed by atoms with Crippen LogP contribution in [0.5, 0.6) is 0 Å². The Hall–Kier alpha value is -2.12. The van der Waals surface area contributed by atoms with Gasteiger partial charge >= 0.3 is 6.09 Å². The fourth-order valence-electron chi connectivity index (χ4n) is 5.79. The molecule has 5 rings (SSSR count). The van der Waals surface area contributed by atoms with Gasteiger partial charge in [-0.2, -0.15) is 0 Å². The number of carbonyl (C=O) groups excluding carboxylic acids is 4. The van der Waals surface area contributed by atoms with E-state index in [4.69, 9.17) is 4.74 Å².